The van der Waals surface area contributed by atoms with Gasteiger partial charge >= 0.3 is 6.09 Å². The van der Waals surface area contributed by atoms with Gasteiger partial charge in [0.1, 0.15) is 7.85 Å². The lowest BCUT2D eigenvalue weighted by atomic mass is 9.93. The second-order valence-corrected chi connectivity index (χ2v) is 3.17. The Hall–Kier alpha value is -1.45. The zero-order valence-corrected chi connectivity index (χ0v) is 7.03. The van der Waals surface area contributed by atoms with Crippen LogP contribution in [0.15, 0.2) is 18.2 Å². The Morgan fingerprint density at radius 2 is 2.08 bits per heavy atom. The number of hydrogen-bond acceptors (Lipinski definition) is 1. The van der Waals surface area contributed by atoms with Gasteiger partial charge in [-0.15, -0.1) is 0 Å². The lowest BCUT2D eigenvalue weighted by Gasteiger charge is -2.08. The van der Waals surface area contributed by atoms with Crippen LogP contribution in [-0.4, -0.2) is 23.9 Å². The number of benzene rings is 1. The average molecular weight is 173 g/mol. The van der Waals surface area contributed by atoms with Gasteiger partial charge in [-0.3, -0.25) is 4.90 Å². The highest BCUT2D eigenvalue weighted by Crippen LogP contribution is 2.20. The molecular weight excluding hydrogens is 165 g/mol. The summed E-state index contributed by atoms with van der Waals surface area (Å²) in [5, 5.41) is 8.75. The first-order valence-electron chi connectivity index (χ1n) is 4.02. The monoisotopic (exact) mass is 173 g/mol. The number of nitrogens with zero attached hydrogens (tertiary/aromatic N) is 1. The summed E-state index contributed by atoms with van der Waals surface area (Å²) in [6.45, 7) is 0.931. The Kier molecular flexibility index (Phi) is 1.76. The van der Waals surface area contributed by atoms with E-state index in [4.69, 9.17) is 13.0 Å². The van der Waals surface area contributed by atoms with E-state index in [1.807, 2.05) is 12.1 Å². The third-order valence-corrected chi connectivity index (χ3v) is 2.22. The molecule has 1 aliphatic rings. The summed E-state index contributed by atoms with van der Waals surface area (Å²) in [6.07, 6.45) is -0.880. The summed E-state index contributed by atoms with van der Waals surface area (Å²) < 4.78 is 0. The van der Waals surface area contributed by atoms with Gasteiger partial charge in [-0.2, -0.15) is 0 Å². The van der Waals surface area contributed by atoms with Gasteiger partial charge in [0.05, 0.1) is 0 Å². The summed E-state index contributed by atoms with van der Waals surface area (Å²) in [4.78, 5) is 12.0. The highest BCUT2D eigenvalue weighted by atomic mass is 16.4. The van der Waals surface area contributed by atoms with Crippen LogP contribution in [-0.2, 0) is 13.1 Å². The van der Waals surface area contributed by atoms with Crippen molar-refractivity contribution in [2.75, 3.05) is 0 Å². The molecule has 1 heterocycles. The molecule has 4 heteroatoms. The Morgan fingerprint density at radius 3 is 2.77 bits per heavy atom. The molecular formula is C9H8BNO2. The van der Waals surface area contributed by atoms with Crippen molar-refractivity contribution in [3.63, 3.8) is 0 Å². The largest absolute Gasteiger partial charge is 0.465 e. The molecule has 1 aromatic rings. The molecule has 64 valence electrons. The zero-order chi connectivity index (χ0) is 9.42. The second-order valence-electron chi connectivity index (χ2n) is 3.17. The molecule has 0 aliphatic carbocycles. The topological polar surface area (TPSA) is 40.5 Å². The summed E-state index contributed by atoms with van der Waals surface area (Å²) in [6, 6.07) is 5.51. The summed E-state index contributed by atoms with van der Waals surface area (Å²) in [7, 11) is 5.59. The first kappa shape index (κ1) is 8.17. The van der Waals surface area contributed by atoms with Crippen LogP contribution >= 0.6 is 0 Å². The fourth-order valence-corrected chi connectivity index (χ4v) is 1.55. The standard InChI is InChI=1S/C9H8BNO2/c10-8-2-1-6-4-11(9(12)13)5-7(6)3-8/h1-3H,4-5H2,(H,12,13). The highest BCUT2D eigenvalue weighted by molar-refractivity contribution is 6.32. The van der Waals surface area contributed by atoms with Crippen LogP contribution in [0.1, 0.15) is 11.1 Å². The SMILES string of the molecule is [B]c1ccc2c(c1)CN(C(=O)O)C2. The number of rotatable bonds is 0. The minimum atomic E-state index is -0.880. The van der Waals surface area contributed by atoms with Gasteiger partial charge in [-0.05, 0) is 11.1 Å². The quantitative estimate of drug-likeness (QED) is 0.579. The van der Waals surface area contributed by atoms with Crippen LogP contribution in [0.5, 0.6) is 0 Å². The van der Waals surface area contributed by atoms with Crippen molar-refractivity contribution in [3.8, 4) is 0 Å². The maximum absolute atomic E-state index is 10.6. The molecule has 0 atom stereocenters. The van der Waals surface area contributed by atoms with Gasteiger partial charge in [0.15, 0.2) is 0 Å². The summed E-state index contributed by atoms with van der Waals surface area (Å²) >= 11 is 0. The molecule has 0 saturated heterocycles. The van der Waals surface area contributed by atoms with Crippen molar-refractivity contribution >= 4 is 19.4 Å². The van der Waals surface area contributed by atoms with Crippen LogP contribution in [0, 0.1) is 0 Å². The Labute approximate surface area is 77.4 Å². The van der Waals surface area contributed by atoms with Crippen LogP contribution < -0.4 is 5.46 Å². The molecule has 0 fully saturated rings. The van der Waals surface area contributed by atoms with Crippen molar-refractivity contribution in [1.29, 1.82) is 0 Å². The van der Waals surface area contributed by atoms with E-state index in [1.54, 1.807) is 6.07 Å². The number of amides is 1. The molecule has 0 aromatic heterocycles. The Morgan fingerprint density at radius 1 is 1.38 bits per heavy atom. The first-order chi connectivity index (χ1) is 6.16. The molecule has 0 unspecified atom stereocenters. The first-order valence-corrected chi connectivity index (χ1v) is 4.02. The van der Waals surface area contributed by atoms with E-state index in [1.165, 1.54) is 4.90 Å². The van der Waals surface area contributed by atoms with Gasteiger partial charge in [-0.25, -0.2) is 4.79 Å². The van der Waals surface area contributed by atoms with Gasteiger partial charge in [0.25, 0.3) is 0 Å². The molecule has 13 heavy (non-hydrogen) atoms. The summed E-state index contributed by atoms with van der Waals surface area (Å²) in [5.74, 6) is 0. The minimum absolute atomic E-state index is 0.454. The lowest BCUT2D eigenvalue weighted by molar-refractivity contribution is 0.145. The van der Waals surface area contributed by atoms with Crippen LogP contribution in [0.2, 0.25) is 0 Å². The van der Waals surface area contributed by atoms with Crippen molar-refractivity contribution in [2.45, 2.75) is 13.1 Å². The molecule has 2 rings (SSSR count). The van der Waals surface area contributed by atoms with Gasteiger partial charge in [0, 0.05) is 13.1 Å². The fraction of sp³-hybridized carbons (Fsp3) is 0.222. The van der Waals surface area contributed by atoms with Crippen molar-refractivity contribution < 1.29 is 9.90 Å². The van der Waals surface area contributed by atoms with E-state index >= 15 is 0 Å². The van der Waals surface area contributed by atoms with Crippen LogP contribution in [0.25, 0.3) is 0 Å². The van der Waals surface area contributed by atoms with E-state index in [2.05, 4.69) is 0 Å². The molecule has 1 aromatic carbocycles. The van der Waals surface area contributed by atoms with Crippen molar-refractivity contribution in [2.24, 2.45) is 0 Å². The van der Waals surface area contributed by atoms with E-state index in [0.717, 1.165) is 11.1 Å². The Bertz CT molecular complexity index is 365. The van der Waals surface area contributed by atoms with E-state index in [-0.39, 0.29) is 0 Å². The van der Waals surface area contributed by atoms with E-state index in [0.29, 0.717) is 18.6 Å². The number of hydrogen-bond donors (Lipinski definition) is 1. The average Bonchev–Trinajstić information content (AvgIpc) is 2.46. The smallest absolute Gasteiger partial charge is 0.407 e. The van der Waals surface area contributed by atoms with Gasteiger partial charge < -0.3 is 5.11 Å². The van der Waals surface area contributed by atoms with E-state index in [9.17, 15) is 4.79 Å². The predicted octanol–water partition coefficient (Wildman–Crippen LogP) is 0.474. The molecule has 2 radical (unpaired) electrons. The summed E-state index contributed by atoms with van der Waals surface area (Å²) in [5.41, 5.74) is 2.75. The van der Waals surface area contributed by atoms with Crippen molar-refractivity contribution in [3.05, 3.63) is 29.3 Å². The van der Waals surface area contributed by atoms with Gasteiger partial charge in [0.2, 0.25) is 0 Å². The zero-order valence-electron chi connectivity index (χ0n) is 7.03. The maximum atomic E-state index is 10.6. The molecule has 0 spiro atoms. The maximum Gasteiger partial charge on any atom is 0.407 e. The number of carboxylic acid groups (broad SMARTS) is 1. The third kappa shape index (κ3) is 1.39. The third-order valence-electron chi connectivity index (χ3n) is 2.22. The van der Waals surface area contributed by atoms with Gasteiger partial charge in [-0.1, -0.05) is 23.7 Å². The van der Waals surface area contributed by atoms with E-state index < -0.39 is 6.09 Å². The molecule has 1 N–H and O–H groups in total. The number of carbonyl (C=O) groups is 1. The molecule has 1 aliphatic heterocycles. The second kappa shape index (κ2) is 2.80. The predicted molar refractivity (Wildman–Crippen MR) is 49.1 cm³/mol. The molecule has 3 nitrogen and oxygen atoms in total. The Balaban J connectivity index is 2.30. The molecule has 0 saturated carbocycles. The highest BCUT2D eigenvalue weighted by Gasteiger charge is 2.21. The van der Waals surface area contributed by atoms with Crippen LogP contribution in [0.3, 0.4) is 0 Å². The normalized spacial score (nSPS) is 14.3. The lowest BCUT2D eigenvalue weighted by Crippen LogP contribution is -2.22. The minimum Gasteiger partial charge on any atom is -0.465 e. The molecule has 1 amide bonds. The number of fused-ring (bicyclic) bond motifs is 1. The van der Waals surface area contributed by atoms with Crippen LogP contribution in [0.4, 0.5) is 4.79 Å². The fourth-order valence-electron chi connectivity index (χ4n) is 1.55. The molecule has 0 bridgehead atoms. The van der Waals surface area contributed by atoms with Crippen molar-refractivity contribution in [1.82, 2.24) is 4.90 Å².